The quantitative estimate of drug-likeness (QED) is 0.617. The Labute approximate surface area is 175 Å². The Morgan fingerprint density at radius 1 is 1.23 bits per heavy atom. The highest BCUT2D eigenvalue weighted by atomic mass is 32.2. The molecule has 0 saturated heterocycles. The molecule has 0 spiro atoms. The Morgan fingerprint density at radius 3 is 2.77 bits per heavy atom. The summed E-state index contributed by atoms with van der Waals surface area (Å²) in [6.07, 6.45) is 7.43. The molecular formula is C22H24N2O5S. The first-order chi connectivity index (χ1) is 14.4. The number of nitrogens with one attached hydrogen (secondary N) is 1. The monoisotopic (exact) mass is 428 g/mol. The first kappa shape index (κ1) is 20.4. The molecule has 158 valence electrons. The molecule has 4 rings (SSSR count). The summed E-state index contributed by atoms with van der Waals surface area (Å²) in [5, 5.41) is 3.44. The lowest BCUT2D eigenvalue weighted by molar-refractivity contribution is 0.0924. The van der Waals surface area contributed by atoms with Gasteiger partial charge in [0.1, 0.15) is 11.7 Å². The number of fused-ring (bicyclic) bond motifs is 1. The van der Waals surface area contributed by atoms with Gasteiger partial charge >= 0.3 is 0 Å². The van der Waals surface area contributed by atoms with Crippen LogP contribution in [0.4, 0.5) is 0 Å². The predicted octanol–water partition coefficient (Wildman–Crippen LogP) is 3.62. The zero-order valence-electron chi connectivity index (χ0n) is 16.8. The molecule has 0 aliphatic heterocycles. The number of pyridine rings is 1. The average molecular weight is 429 g/mol. The van der Waals surface area contributed by atoms with E-state index in [1.807, 2.05) is 6.07 Å². The van der Waals surface area contributed by atoms with Crippen LogP contribution in [-0.4, -0.2) is 31.7 Å². The third-order valence-corrected chi connectivity index (χ3v) is 5.97. The van der Waals surface area contributed by atoms with Crippen LogP contribution in [0.25, 0.3) is 11.0 Å². The maximum atomic E-state index is 12.8. The predicted molar refractivity (Wildman–Crippen MR) is 113 cm³/mol. The molecule has 1 aliphatic carbocycles. The second-order valence-electron chi connectivity index (χ2n) is 7.69. The standard InChI is InChI=1S/C22H24N2O5S/c1-30(26,27)14-18-17-8-4-5-9-19(17)29-21(18)22(25)24-13-15-10-11-23-20(12-15)28-16-6-2-3-7-16/h4-5,8-12,16H,2-3,6-7,13-14H2,1H3,(H,24,25). The van der Waals surface area contributed by atoms with Crippen molar-refractivity contribution in [2.24, 2.45) is 0 Å². The van der Waals surface area contributed by atoms with Gasteiger partial charge in [0.2, 0.25) is 5.88 Å². The van der Waals surface area contributed by atoms with E-state index < -0.39 is 15.7 Å². The molecule has 0 atom stereocenters. The Bertz CT molecular complexity index is 1160. The van der Waals surface area contributed by atoms with Gasteiger partial charge in [-0.2, -0.15) is 0 Å². The van der Waals surface area contributed by atoms with Crippen molar-refractivity contribution in [3.63, 3.8) is 0 Å². The van der Waals surface area contributed by atoms with Crippen LogP contribution < -0.4 is 10.1 Å². The Hall–Kier alpha value is -2.87. The van der Waals surface area contributed by atoms with Crippen molar-refractivity contribution in [3.8, 4) is 5.88 Å². The molecule has 2 aromatic heterocycles. The van der Waals surface area contributed by atoms with Crippen molar-refractivity contribution in [1.29, 1.82) is 0 Å². The third kappa shape index (κ3) is 4.81. The van der Waals surface area contributed by atoms with Gasteiger partial charge in [0.25, 0.3) is 5.91 Å². The van der Waals surface area contributed by atoms with Crippen LogP contribution in [0.1, 0.15) is 47.4 Å². The van der Waals surface area contributed by atoms with Gasteiger partial charge < -0.3 is 14.5 Å². The van der Waals surface area contributed by atoms with Crippen molar-refractivity contribution in [2.75, 3.05) is 6.26 Å². The number of carbonyl (C=O) groups is 1. The largest absolute Gasteiger partial charge is 0.474 e. The Balaban J connectivity index is 1.50. The number of hydrogen-bond donors (Lipinski definition) is 1. The smallest absolute Gasteiger partial charge is 0.287 e. The van der Waals surface area contributed by atoms with Crippen LogP contribution in [0, 0.1) is 0 Å². The summed E-state index contributed by atoms with van der Waals surface area (Å²) in [6, 6.07) is 10.7. The fourth-order valence-electron chi connectivity index (χ4n) is 3.75. The highest BCUT2D eigenvalue weighted by molar-refractivity contribution is 7.89. The molecule has 30 heavy (non-hydrogen) atoms. The Morgan fingerprint density at radius 2 is 2.00 bits per heavy atom. The van der Waals surface area contributed by atoms with Crippen LogP contribution in [0.15, 0.2) is 47.0 Å². The summed E-state index contributed by atoms with van der Waals surface area (Å²) < 4.78 is 35.4. The molecule has 1 amide bonds. The van der Waals surface area contributed by atoms with Crippen LogP contribution in [0.5, 0.6) is 5.88 Å². The van der Waals surface area contributed by atoms with Crippen LogP contribution in [0.2, 0.25) is 0 Å². The van der Waals surface area contributed by atoms with E-state index in [1.54, 1.807) is 36.5 Å². The van der Waals surface area contributed by atoms with E-state index in [1.165, 1.54) is 12.8 Å². The van der Waals surface area contributed by atoms with Gasteiger partial charge in [0.15, 0.2) is 15.6 Å². The van der Waals surface area contributed by atoms with Crippen molar-refractivity contribution < 1.29 is 22.4 Å². The topological polar surface area (TPSA) is 98.5 Å². The fourth-order valence-corrected chi connectivity index (χ4v) is 4.56. The number of nitrogens with zero attached hydrogens (tertiary/aromatic N) is 1. The van der Waals surface area contributed by atoms with Crippen LogP contribution in [-0.2, 0) is 22.1 Å². The number of ether oxygens (including phenoxy) is 1. The van der Waals surface area contributed by atoms with Gasteiger partial charge in [-0.05, 0) is 43.4 Å². The third-order valence-electron chi connectivity index (χ3n) is 5.15. The molecule has 0 radical (unpaired) electrons. The fraction of sp³-hybridized carbons (Fsp3) is 0.364. The lowest BCUT2D eigenvalue weighted by atomic mass is 10.1. The molecule has 1 N–H and O–H groups in total. The molecule has 1 aromatic carbocycles. The molecule has 0 unspecified atom stereocenters. The molecule has 0 bridgehead atoms. The summed E-state index contributed by atoms with van der Waals surface area (Å²) >= 11 is 0. The maximum absolute atomic E-state index is 12.8. The highest BCUT2D eigenvalue weighted by Gasteiger charge is 2.23. The zero-order chi connectivity index (χ0) is 21.1. The minimum absolute atomic E-state index is 0.0260. The number of rotatable bonds is 7. The second-order valence-corrected chi connectivity index (χ2v) is 9.83. The highest BCUT2D eigenvalue weighted by Crippen LogP contribution is 2.28. The van der Waals surface area contributed by atoms with Crippen molar-refractivity contribution >= 4 is 26.7 Å². The number of amides is 1. The first-order valence-electron chi connectivity index (χ1n) is 9.97. The molecule has 1 aliphatic rings. The lowest BCUT2D eigenvalue weighted by Gasteiger charge is -2.13. The summed E-state index contributed by atoms with van der Waals surface area (Å²) in [5.41, 5.74) is 1.70. The first-order valence-corrected chi connectivity index (χ1v) is 12.0. The number of para-hydroxylation sites is 1. The minimum Gasteiger partial charge on any atom is -0.474 e. The van der Waals surface area contributed by atoms with Crippen molar-refractivity contribution in [3.05, 3.63) is 59.5 Å². The number of furan rings is 1. The molecule has 1 saturated carbocycles. The molecule has 8 heteroatoms. The van der Waals surface area contributed by atoms with Gasteiger partial charge in [-0.1, -0.05) is 18.2 Å². The van der Waals surface area contributed by atoms with Gasteiger partial charge in [0.05, 0.1) is 5.75 Å². The molecule has 1 fully saturated rings. The summed E-state index contributed by atoms with van der Waals surface area (Å²) in [7, 11) is -3.34. The minimum atomic E-state index is -3.34. The SMILES string of the molecule is CS(=O)(=O)Cc1c(C(=O)NCc2ccnc(OC3CCCC3)c2)oc2ccccc12. The molecular weight excluding hydrogens is 404 g/mol. The number of sulfone groups is 1. The normalized spacial score (nSPS) is 14.8. The van der Waals surface area contributed by atoms with Gasteiger partial charge in [0, 0.05) is 36.0 Å². The summed E-state index contributed by atoms with van der Waals surface area (Å²) in [5.74, 6) is -0.144. The average Bonchev–Trinajstić information content (AvgIpc) is 3.34. The van der Waals surface area contributed by atoms with E-state index in [0.29, 0.717) is 22.4 Å². The van der Waals surface area contributed by atoms with Gasteiger partial charge in [-0.3, -0.25) is 4.79 Å². The van der Waals surface area contributed by atoms with E-state index in [0.717, 1.165) is 24.7 Å². The lowest BCUT2D eigenvalue weighted by Crippen LogP contribution is -2.24. The van der Waals surface area contributed by atoms with Gasteiger partial charge in [-0.15, -0.1) is 0 Å². The van der Waals surface area contributed by atoms with E-state index in [2.05, 4.69) is 10.3 Å². The summed E-state index contributed by atoms with van der Waals surface area (Å²) in [4.78, 5) is 17.1. The van der Waals surface area contributed by atoms with Crippen LogP contribution >= 0.6 is 0 Å². The van der Waals surface area contributed by atoms with Crippen LogP contribution in [0.3, 0.4) is 0 Å². The van der Waals surface area contributed by atoms with Crippen molar-refractivity contribution in [1.82, 2.24) is 10.3 Å². The molecule has 2 heterocycles. The van der Waals surface area contributed by atoms with E-state index in [-0.39, 0.29) is 24.2 Å². The maximum Gasteiger partial charge on any atom is 0.287 e. The Kier molecular flexibility index (Phi) is 5.76. The number of carbonyl (C=O) groups excluding carboxylic acids is 1. The number of aromatic nitrogens is 1. The zero-order valence-corrected chi connectivity index (χ0v) is 17.6. The molecule has 7 nitrogen and oxygen atoms in total. The summed E-state index contributed by atoms with van der Waals surface area (Å²) in [6.45, 7) is 0.248. The van der Waals surface area contributed by atoms with E-state index in [9.17, 15) is 13.2 Å². The number of benzene rings is 1. The van der Waals surface area contributed by atoms with E-state index in [4.69, 9.17) is 9.15 Å². The molecule has 3 aromatic rings. The second kappa shape index (κ2) is 8.47. The number of hydrogen-bond acceptors (Lipinski definition) is 6. The van der Waals surface area contributed by atoms with E-state index >= 15 is 0 Å². The van der Waals surface area contributed by atoms with Crippen molar-refractivity contribution in [2.45, 2.75) is 44.1 Å². The van der Waals surface area contributed by atoms with Gasteiger partial charge in [-0.25, -0.2) is 13.4 Å².